The molecule has 0 aliphatic carbocycles. The molecule has 0 unspecified atom stereocenters. The van der Waals surface area contributed by atoms with Crippen LogP contribution in [-0.2, 0) is 4.79 Å². The van der Waals surface area contributed by atoms with Crippen LogP contribution in [0.15, 0.2) is 6.20 Å². The van der Waals surface area contributed by atoms with Gasteiger partial charge in [-0.05, 0) is 27.7 Å². The van der Waals surface area contributed by atoms with Crippen molar-refractivity contribution in [1.82, 2.24) is 14.9 Å². The topological polar surface area (TPSA) is 70.2 Å². The lowest BCUT2D eigenvalue weighted by molar-refractivity contribution is -0.128. The van der Waals surface area contributed by atoms with Crippen molar-refractivity contribution >= 4 is 17.7 Å². The molecule has 0 fully saturated rings. The maximum absolute atomic E-state index is 11.9. The monoisotopic (exact) mass is 265 g/mol. The fourth-order valence-electron chi connectivity index (χ4n) is 1.71. The molecule has 1 rings (SSSR count). The molecule has 1 aromatic heterocycles. The van der Waals surface area contributed by atoms with E-state index in [4.69, 9.17) is 0 Å². The van der Waals surface area contributed by atoms with Gasteiger partial charge in [-0.15, -0.1) is 0 Å². The summed E-state index contributed by atoms with van der Waals surface area (Å²) in [5, 5.41) is 6.13. The second kappa shape index (κ2) is 7.56. The van der Waals surface area contributed by atoms with Crippen LogP contribution in [0.4, 0.5) is 11.8 Å². The van der Waals surface area contributed by atoms with Crippen molar-refractivity contribution in [2.75, 3.05) is 36.8 Å². The first-order valence-electron chi connectivity index (χ1n) is 6.71. The van der Waals surface area contributed by atoms with E-state index in [-0.39, 0.29) is 12.5 Å². The fraction of sp³-hybridized carbons (Fsp3) is 0.615. The largest absolute Gasteiger partial charge is 0.361 e. The quantitative estimate of drug-likeness (QED) is 0.782. The summed E-state index contributed by atoms with van der Waals surface area (Å²) >= 11 is 0. The number of nitrogens with zero attached hydrogens (tertiary/aromatic N) is 3. The number of aromatic nitrogens is 2. The SMILES string of the molecule is CCNc1ncc(C)c(NCC(=O)N(CC)CC)n1. The number of hydrogen-bond acceptors (Lipinski definition) is 5. The lowest BCUT2D eigenvalue weighted by atomic mass is 10.3. The Kier molecular flexibility index (Phi) is 6.05. The van der Waals surface area contributed by atoms with Crippen molar-refractivity contribution in [3.8, 4) is 0 Å². The molecule has 0 aromatic carbocycles. The minimum Gasteiger partial charge on any atom is -0.361 e. The van der Waals surface area contributed by atoms with Crippen LogP contribution in [-0.4, -0.2) is 47.0 Å². The van der Waals surface area contributed by atoms with Gasteiger partial charge in [-0.25, -0.2) is 4.98 Å². The molecule has 0 saturated heterocycles. The predicted octanol–water partition coefficient (Wildman–Crippen LogP) is 1.50. The third-order valence-electron chi connectivity index (χ3n) is 2.83. The Balaban J connectivity index is 2.66. The average Bonchev–Trinajstić information content (AvgIpc) is 2.41. The van der Waals surface area contributed by atoms with Gasteiger partial charge in [-0.1, -0.05) is 0 Å². The van der Waals surface area contributed by atoms with Crippen molar-refractivity contribution in [2.24, 2.45) is 0 Å². The Hall–Kier alpha value is -1.85. The minimum absolute atomic E-state index is 0.0769. The van der Waals surface area contributed by atoms with Crippen molar-refractivity contribution in [1.29, 1.82) is 0 Å². The first kappa shape index (κ1) is 15.2. The van der Waals surface area contributed by atoms with Crippen LogP contribution >= 0.6 is 0 Å². The van der Waals surface area contributed by atoms with E-state index in [1.165, 1.54) is 0 Å². The van der Waals surface area contributed by atoms with Gasteiger partial charge in [-0.3, -0.25) is 4.79 Å². The van der Waals surface area contributed by atoms with Crippen LogP contribution in [0.3, 0.4) is 0 Å². The van der Waals surface area contributed by atoms with Crippen LogP contribution < -0.4 is 10.6 Å². The number of carbonyl (C=O) groups is 1. The van der Waals surface area contributed by atoms with Crippen molar-refractivity contribution in [3.63, 3.8) is 0 Å². The summed E-state index contributed by atoms with van der Waals surface area (Å²) < 4.78 is 0. The molecule has 1 heterocycles. The molecule has 0 bridgehead atoms. The highest BCUT2D eigenvalue weighted by Crippen LogP contribution is 2.12. The summed E-state index contributed by atoms with van der Waals surface area (Å²) in [5.41, 5.74) is 0.925. The van der Waals surface area contributed by atoms with Crippen molar-refractivity contribution < 1.29 is 4.79 Å². The van der Waals surface area contributed by atoms with Crippen LogP contribution in [0.2, 0.25) is 0 Å². The van der Waals surface area contributed by atoms with E-state index in [0.717, 1.165) is 25.2 Å². The van der Waals surface area contributed by atoms with Crippen LogP contribution in [0.1, 0.15) is 26.3 Å². The van der Waals surface area contributed by atoms with Crippen LogP contribution in [0.25, 0.3) is 0 Å². The van der Waals surface area contributed by atoms with Gasteiger partial charge in [0, 0.05) is 31.4 Å². The van der Waals surface area contributed by atoms with Crippen molar-refractivity contribution in [2.45, 2.75) is 27.7 Å². The zero-order valence-corrected chi connectivity index (χ0v) is 12.2. The first-order chi connectivity index (χ1) is 9.12. The van der Waals surface area contributed by atoms with Gasteiger partial charge < -0.3 is 15.5 Å². The van der Waals surface area contributed by atoms with Crippen LogP contribution in [0, 0.1) is 6.92 Å². The molecule has 19 heavy (non-hydrogen) atoms. The van der Waals surface area contributed by atoms with Gasteiger partial charge in [0.1, 0.15) is 5.82 Å². The smallest absolute Gasteiger partial charge is 0.241 e. The Bertz CT molecular complexity index is 417. The van der Waals surface area contributed by atoms with E-state index < -0.39 is 0 Å². The average molecular weight is 265 g/mol. The molecule has 0 radical (unpaired) electrons. The molecule has 0 saturated carbocycles. The Morgan fingerprint density at radius 1 is 1.26 bits per heavy atom. The molecule has 0 aliphatic rings. The third-order valence-corrected chi connectivity index (χ3v) is 2.83. The lowest BCUT2D eigenvalue weighted by Gasteiger charge is -2.19. The fourth-order valence-corrected chi connectivity index (χ4v) is 1.71. The van der Waals surface area contributed by atoms with E-state index >= 15 is 0 Å². The zero-order valence-electron chi connectivity index (χ0n) is 12.2. The molecule has 6 heteroatoms. The molecule has 6 nitrogen and oxygen atoms in total. The maximum atomic E-state index is 11.9. The van der Waals surface area contributed by atoms with Gasteiger partial charge in [0.2, 0.25) is 11.9 Å². The van der Waals surface area contributed by atoms with E-state index in [1.807, 2.05) is 27.7 Å². The van der Waals surface area contributed by atoms with E-state index in [2.05, 4.69) is 20.6 Å². The molecule has 0 atom stereocenters. The third kappa shape index (κ3) is 4.39. The second-order valence-corrected chi connectivity index (χ2v) is 4.18. The standard InChI is InChI=1S/C13H23N5O/c1-5-14-13-16-8-10(4)12(17-13)15-9-11(19)18(6-2)7-3/h8H,5-7,9H2,1-4H3,(H2,14,15,16,17). The Labute approximate surface area is 114 Å². The van der Waals surface area contributed by atoms with Gasteiger partial charge in [0.05, 0.1) is 6.54 Å². The summed E-state index contributed by atoms with van der Waals surface area (Å²) in [6.07, 6.45) is 1.75. The molecule has 0 spiro atoms. The Morgan fingerprint density at radius 2 is 1.95 bits per heavy atom. The highest BCUT2D eigenvalue weighted by atomic mass is 16.2. The molecule has 1 amide bonds. The zero-order chi connectivity index (χ0) is 14.3. The number of anilines is 2. The minimum atomic E-state index is 0.0769. The number of likely N-dealkylation sites (N-methyl/N-ethyl adjacent to an activating group) is 1. The summed E-state index contributed by atoms with van der Waals surface area (Å²) in [5.74, 6) is 1.35. The van der Waals surface area contributed by atoms with Gasteiger partial charge in [0.15, 0.2) is 0 Å². The number of hydrogen-bond donors (Lipinski definition) is 2. The molecule has 106 valence electrons. The lowest BCUT2D eigenvalue weighted by Crippen LogP contribution is -2.35. The van der Waals surface area contributed by atoms with Crippen molar-refractivity contribution in [3.05, 3.63) is 11.8 Å². The predicted molar refractivity (Wildman–Crippen MR) is 77.4 cm³/mol. The summed E-state index contributed by atoms with van der Waals surface area (Å²) in [6.45, 7) is 10.3. The molecular formula is C13H23N5O. The molecule has 0 aliphatic heterocycles. The van der Waals surface area contributed by atoms with E-state index in [1.54, 1.807) is 11.1 Å². The summed E-state index contributed by atoms with van der Waals surface area (Å²) in [7, 11) is 0. The van der Waals surface area contributed by atoms with Gasteiger partial charge >= 0.3 is 0 Å². The number of rotatable bonds is 7. The molecule has 1 aromatic rings. The highest BCUT2D eigenvalue weighted by molar-refractivity contribution is 5.80. The first-order valence-corrected chi connectivity index (χ1v) is 6.71. The van der Waals surface area contributed by atoms with Gasteiger partial charge in [0.25, 0.3) is 0 Å². The second-order valence-electron chi connectivity index (χ2n) is 4.18. The number of carbonyl (C=O) groups excluding carboxylic acids is 1. The number of nitrogens with one attached hydrogen (secondary N) is 2. The summed E-state index contributed by atoms with van der Waals surface area (Å²) in [4.78, 5) is 22.2. The highest BCUT2D eigenvalue weighted by Gasteiger charge is 2.10. The van der Waals surface area contributed by atoms with Gasteiger partial charge in [-0.2, -0.15) is 4.98 Å². The maximum Gasteiger partial charge on any atom is 0.241 e. The summed E-state index contributed by atoms with van der Waals surface area (Å²) in [6, 6.07) is 0. The number of aryl methyl sites for hydroxylation is 1. The molecule has 2 N–H and O–H groups in total. The molecular weight excluding hydrogens is 242 g/mol. The van der Waals surface area contributed by atoms with E-state index in [9.17, 15) is 4.79 Å². The number of amides is 1. The van der Waals surface area contributed by atoms with Crippen LogP contribution in [0.5, 0.6) is 0 Å². The van der Waals surface area contributed by atoms with E-state index in [0.29, 0.717) is 11.8 Å². The normalized spacial score (nSPS) is 10.1. The Morgan fingerprint density at radius 3 is 2.53 bits per heavy atom.